The van der Waals surface area contributed by atoms with Crippen molar-refractivity contribution in [2.45, 2.75) is 32.7 Å². The maximum atomic E-state index is 11.1. The van der Waals surface area contributed by atoms with Gasteiger partial charge < -0.3 is 9.84 Å². The van der Waals surface area contributed by atoms with E-state index in [1.807, 2.05) is 12.1 Å². The minimum atomic E-state index is -0.947. The third kappa shape index (κ3) is 3.51. The number of ether oxygens (including phenoxy) is 1. The van der Waals surface area contributed by atoms with E-state index in [1.165, 1.54) is 26.4 Å². The molecule has 4 heteroatoms. The Labute approximate surface area is 120 Å². The Balaban J connectivity index is 2.07. The second-order valence-corrected chi connectivity index (χ2v) is 5.49. The van der Waals surface area contributed by atoms with Crippen molar-refractivity contribution in [3.63, 3.8) is 0 Å². The van der Waals surface area contributed by atoms with E-state index >= 15 is 0 Å². The van der Waals surface area contributed by atoms with Crippen LogP contribution in [0, 0.1) is 5.92 Å². The summed E-state index contributed by atoms with van der Waals surface area (Å²) in [5.74, 6) is 0.292. The first kappa shape index (κ1) is 14.9. The molecule has 1 N–H and O–H groups in total. The molecule has 0 radical (unpaired) electrons. The molecule has 1 atom stereocenters. The Morgan fingerprint density at radius 1 is 1.50 bits per heavy atom. The molecule has 1 aromatic rings. The number of piperidine rings is 1. The molecule has 110 valence electrons. The van der Waals surface area contributed by atoms with Crippen molar-refractivity contribution in [3.8, 4) is 5.75 Å². The van der Waals surface area contributed by atoms with Crippen molar-refractivity contribution in [2.24, 2.45) is 5.92 Å². The van der Waals surface area contributed by atoms with Crippen LogP contribution in [0.25, 0.3) is 0 Å². The van der Waals surface area contributed by atoms with E-state index in [-0.39, 0.29) is 5.56 Å². The molecule has 1 aliphatic rings. The third-order valence-corrected chi connectivity index (χ3v) is 4.08. The minimum Gasteiger partial charge on any atom is -0.496 e. The van der Waals surface area contributed by atoms with E-state index in [0.29, 0.717) is 5.75 Å². The fraction of sp³-hybridized carbons (Fsp3) is 0.562. The van der Waals surface area contributed by atoms with E-state index < -0.39 is 5.97 Å². The summed E-state index contributed by atoms with van der Waals surface area (Å²) in [7, 11) is 1.51. The molecule has 0 bridgehead atoms. The Kier molecular flexibility index (Phi) is 5.01. The van der Waals surface area contributed by atoms with Gasteiger partial charge in [-0.05, 0) is 43.0 Å². The van der Waals surface area contributed by atoms with Crippen molar-refractivity contribution in [3.05, 3.63) is 29.3 Å². The average molecular weight is 277 g/mol. The van der Waals surface area contributed by atoms with Gasteiger partial charge in [-0.1, -0.05) is 19.4 Å². The maximum Gasteiger partial charge on any atom is 0.339 e. The molecule has 20 heavy (non-hydrogen) atoms. The lowest BCUT2D eigenvalue weighted by molar-refractivity contribution is 0.0693. The molecule has 1 fully saturated rings. The number of hydrogen-bond donors (Lipinski definition) is 1. The molecule has 1 unspecified atom stereocenters. The maximum absolute atomic E-state index is 11.1. The first-order valence-corrected chi connectivity index (χ1v) is 7.26. The highest BCUT2D eigenvalue weighted by atomic mass is 16.5. The normalized spacial score (nSPS) is 19.8. The number of methoxy groups -OCH3 is 1. The number of carbonyl (C=O) groups is 1. The third-order valence-electron chi connectivity index (χ3n) is 4.08. The first-order chi connectivity index (χ1) is 9.63. The van der Waals surface area contributed by atoms with E-state index in [9.17, 15) is 4.79 Å². The Morgan fingerprint density at radius 2 is 2.30 bits per heavy atom. The monoisotopic (exact) mass is 277 g/mol. The van der Waals surface area contributed by atoms with Crippen molar-refractivity contribution in [2.75, 3.05) is 20.2 Å². The summed E-state index contributed by atoms with van der Waals surface area (Å²) in [4.78, 5) is 13.5. The second kappa shape index (κ2) is 6.75. The van der Waals surface area contributed by atoms with E-state index in [4.69, 9.17) is 9.84 Å². The van der Waals surface area contributed by atoms with Gasteiger partial charge in [0.1, 0.15) is 11.3 Å². The first-order valence-electron chi connectivity index (χ1n) is 7.26. The standard InChI is InChI=1S/C16H23NO3/c1-3-12-5-4-8-17(10-12)11-13-6-7-14(16(18)19)15(9-13)20-2/h6-7,9,12H,3-5,8,10-11H2,1-2H3,(H,18,19). The lowest BCUT2D eigenvalue weighted by atomic mass is 9.95. The smallest absolute Gasteiger partial charge is 0.339 e. The zero-order chi connectivity index (χ0) is 14.5. The zero-order valence-electron chi connectivity index (χ0n) is 12.3. The van der Waals surface area contributed by atoms with Gasteiger partial charge in [-0.15, -0.1) is 0 Å². The summed E-state index contributed by atoms with van der Waals surface area (Å²) in [6, 6.07) is 5.37. The van der Waals surface area contributed by atoms with Crippen LogP contribution in [0.2, 0.25) is 0 Å². The molecule has 0 saturated carbocycles. The second-order valence-electron chi connectivity index (χ2n) is 5.49. The number of benzene rings is 1. The molecule has 1 aliphatic heterocycles. The molecule has 0 aliphatic carbocycles. The number of carboxylic acid groups (broad SMARTS) is 1. The summed E-state index contributed by atoms with van der Waals surface area (Å²) in [6.45, 7) is 5.38. The van der Waals surface area contributed by atoms with Gasteiger partial charge in [-0.3, -0.25) is 4.90 Å². The fourth-order valence-corrected chi connectivity index (χ4v) is 2.90. The minimum absolute atomic E-state index is 0.223. The lowest BCUT2D eigenvalue weighted by Crippen LogP contribution is -2.34. The number of likely N-dealkylation sites (tertiary alicyclic amines) is 1. The van der Waals surface area contributed by atoms with Crippen molar-refractivity contribution in [1.82, 2.24) is 4.90 Å². The van der Waals surface area contributed by atoms with Crippen LogP contribution in [-0.2, 0) is 6.54 Å². The molecule has 2 rings (SSSR count). The lowest BCUT2D eigenvalue weighted by Gasteiger charge is -2.32. The molecular formula is C16H23NO3. The molecule has 4 nitrogen and oxygen atoms in total. The largest absolute Gasteiger partial charge is 0.496 e. The van der Waals surface area contributed by atoms with Gasteiger partial charge in [-0.25, -0.2) is 4.79 Å². The van der Waals surface area contributed by atoms with Gasteiger partial charge in [0.2, 0.25) is 0 Å². The summed E-state index contributed by atoms with van der Waals surface area (Å²) in [5.41, 5.74) is 1.34. The van der Waals surface area contributed by atoms with Gasteiger partial charge in [0.25, 0.3) is 0 Å². The average Bonchev–Trinajstić information content (AvgIpc) is 2.47. The Hall–Kier alpha value is -1.55. The van der Waals surface area contributed by atoms with E-state index in [1.54, 1.807) is 6.07 Å². The van der Waals surface area contributed by atoms with Gasteiger partial charge in [0.15, 0.2) is 0 Å². The predicted molar refractivity (Wildman–Crippen MR) is 78.2 cm³/mol. The molecule has 0 aromatic heterocycles. The highest BCUT2D eigenvalue weighted by Gasteiger charge is 2.19. The van der Waals surface area contributed by atoms with Crippen LogP contribution in [0.5, 0.6) is 5.75 Å². The molecule has 0 amide bonds. The van der Waals surface area contributed by atoms with Crippen LogP contribution in [0.4, 0.5) is 0 Å². The summed E-state index contributed by atoms with van der Waals surface area (Å²) >= 11 is 0. The number of rotatable bonds is 5. The van der Waals surface area contributed by atoms with E-state index in [0.717, 1.165) is 31.1 Å². The van der Waals surface area contributed by atoms with Crippen molar-refractivity contribution >= 4 is 5.97 Å². The number of hydrogen-bond acceptors (Lipinski definition) is 3. The molecule has 0 spiro atoms. The van der Waals surface area contributed by atoms with Crippen LogP contribution >= 0.6 is 0 Å². The number of aromatic carboxylic acids is 1. The highest BCUT2D eigenvalue weighted by Crippen LogP contribution is 2.24. The van der Waals surface area contributed by atoms with Crippen LogP contribution in [0.15, 0.2) is 18.2 Å². The fourth-order valence-electron chi connectivity index (χ4n) is 2.90. The van der Waals surface area contributed by atoms with Crippen LogP contribution < -0.4 is 4.74 Å². The molecule has 1 saturated heterocycles. The number of carboxylic acids is 1. The van der Waals surface area contributed by atoms with Crippen LogP contribution in [0.3, 0.4) is 0 Å². The Bertz CT molecular complexity index is 473. The van der Waals surface area contributed by atoms with Gasteiger partial charge in [-0.2, -0.15) is 0 Å². The van der Waals surface area contributed by atoms with E-state index in [2.05, 4.69) is 11.8 Å². The SMILES string of the molecule is CCC1CCCN(Cc2ccc(C(=O)O)c(OC)c2)C1. The van der Waals surface area contributed by atoms with Gasteiger partial charge >= 0.3 is 5.97 Å². The Morgan fingerprint density at radius 3 is 2.95 bits per heavy atom. The highest BCUT2D eigenvalue weighted by molar-refractivity contribution is 5.90. The van der Waals surface area contributed by atoms with Crippen LogP contribution in [0.1, 0.15) is 42.1 Å². The summed E-state index contributed by atoms with van der Waals surface area (Å²) in [6.07, 6.45) is 3.81. The quantitative estimate of drug-likeness (QED) is 0.899. The molecular weight excluding hydrogens is 254 g/mol. The summed E-state index contributed by atoms with van der Waals surface area (Å²) in [5, 5.41) is 9.09. The predicted octanol–water partition coefficient (Wildman–Crippen LogP) is 3.02. The van der Waals surface area contributed by atoms with Crippen molar-refractivity contribution in [1.29, 1.82) is 0 Å². The van der Waals surface area contributed by atoms with Gasteiger partial charge in [0.05, 0.1) is 7.11 Å². The van der Waals surface area contributed by atoms with Crippen LogP contribution in [-0.4, -0.2) is 36.2 Å². The van der Waals surface area contributed by atoms with Gasteiger partial charge in [0, 0.05) is 13.1 Å². The summed E-state index contributed by atoms with van der Waals surface area (Å²) < 4.78 is 5.18. The molecule has 1 aromatic carbocycles. The van der Waals surface area contributed by atoms with Crippen molar-refractivity contribution < 1.29 is 14.6 Å². The zero-order valence-corrected chi connectivity index (χ0v) is 12.3. The number of nitrogens with zero attached hydrogens (tertiary/aromatic N) is 1. The molecule has 1 heterocycles. The topological polar surface area (TPSA) is 49.8 Å².